The van der Waals surface area contributed by atoms with Crippen LogP contribution in [0.25, 0.3) is 0 Å². The second-order valence-electron chi connectivity index (χ2n) is 7.20. The van der Waals surface area contributed by atoms with Crippen molar-refractivity contribution >= 4 is 15.6 Å². The zero-order chi connectivity index (χ0) is 25.0. The van der Waals surface area contributed by atoms with Gasteiger partial charge in [0.1, 0.15) is 0 Å². The summed E-state index contributed by atoms with van der Waals surface area (Å²) in [7, 11) is -10.8. The predicted molar refractivity (Wildman–Crippen MR) is 120 cm³/mol. The van der Waals surface area contributed by atoms with E-state index < -0.39 is 15.6 Å². The number of hydrogen-bond acceptors (Lipinski definition) is 8. The van der Waals surface area contributed by atoms with E-state index in [0.717, 1.165) is 0 Å². The van der Waals surface area contributed by atoms with E-state index in [0.29, 0.717) is 0 Å². The van der Waals surface area contributed by atoms with Crippen molar-refractivity contribution in [3.8, 4) is 0 Å². The normalized spacial score (nSPS) is 10.4. The smallest absolute Gasteiger partial charge is 0.0533 e. The maximum absolute atomic E-state index is 8.55. The van der Waals surface area contributed by atoms with Crippen LogP contribution in [0.2, 0.25) is 0 Å². The van der Waals surface area contributed by atoms with Gasteiger partial charge < -0.3 is 44.0 Å². The Hall–Kier alpha value is 0.180. The Bertz CT molecular complexity index is 346. The van der Waals surface area contributed by atoms with Crippen LogP contribution >= 0.6 is 15.6 Å². The molecule has 0 amide bonds. The average molecular weight is 507 g/mol. The van der Waals surface area contributed by atoms with Crippen LogP contribution in [0.15, 0.2) is 0 Å². The molecular weight excluding hydrogens is 458 g/mol. The summed E-state index contributed by atoms with van der Waals surface area (Å²) in [6, 6.07) is 0. The molecule has 0 rings (SSSR count). The molecule has 0 unspecified atom stereocenters. The van der Waals surface area contributed by atoms with Crippen molar-refractivity contribution in [1.82, 2.24) is 0 Å². The van der Waals surface area contributed by atoms with Crippen LogP contribution in [-0.2, 0) is 9.13 Å². The van der Waals surface area contributed by atoms with E-state index in [4.69, 9.17) is 38.5 Å². The van der Waals surface area contributed by atoms with Crippen LogP contribution < -0.4 is 29.4 Å². The zero-order valence-electron chi connectivity index (χ0n) is 20.7. The van der Waals surface area contributed by atoms with E-state index in [1.54, 1.807) is 0 Å². The summed E-state index contributed by atoms with van der Waals surface area (Å²) in [5.74, 6) is 0. The SMILES string of the molecule is CC.CCCCCCCCCCCCCCCCCCC.O.O=P([O-])([O-])[O-].O=P([O-])([O-])[O-]. The molecule has 0 bridgehead atoms. The number of rotatable bonds is 16. The quantitative estimate of drug-likeness (QED) is 0.223. The molecule has 0 heterocycles. The van der Waals surface area contributed by atoms with E-state index >= 15 is 0 Å². The molecule has 0 aliphatic heterocycles. The zero-order valence-corrected chi connectivity index (χ0v) is 22.5. The van der Waals surface area contributed by atoms with Gasteiger partial charge in [0.2, 0.25) is 0 Å². The molecular formula is C21H48O9P2-6. The van der Waals surface area contributed by atoms with E-state index in [-0.39, 0.29) is 5.48 Å². The molecule has 0 aromatic rings. The summed E-state index contributed by atoms with van der Waals surface area (Å²) < 4.78 is 17.1. The van der Waals surface area contributed by atoms with Crippen LogP contribution in [0.3, 0.4) is 0 Å². The second kappa shape index (κ2) is 33.4. The lowest BCUT2D eigenvalue weighted by molar-refractivity contribution is -0.434. The summed E-state index contributed by atoms with van der Waals surface area (Å²) in [5, 5.41) is 0. The minimum absolute atomic E-state index is 0. The largest absolute Gasteiger partial charge is 0.822 e. The van der Waals surface area contributed by atoms with Gasteiger partial charge in [-0.3, -0.25) is 0 Å². The van der Waals surface area contributed by atoms with Gasteiger partial charge in [-0.25, -0.2) is 0 Å². The molecule has 0 fully saturated rings. The monoisotopic (exact) mass is 506 g/mol. The van der Waals surface area contributed by atoms with Crippen molar-refractivity contribution in [3.05, 3.63) is 0 Å². The lowest BCUT2D eigenvalue weighted by Gasteiger charge is -2.36. The Morgan fingerprint density at radius 2 is 0.500 bits per heavy atom. The first-order chi connectivity index (χ1) is 14.4. The van der Waals surface area contributed by atoms with Crippen molar-refractivity contribution in [2.75, 3.05) is 0 Å². The van der Waals surface area contributed by atoms with Crippen LogP contribution in [0, 0.1) is 0 Å². The molecule has 0 atom stereocenters. The summed E-state index contributed by atoms with van der Waals surface area (Å²) in [6.07, 6.45) is 24.9. The topological polar surface area (TPSA) is 204 Å². The third-order valence-corrected chi connectivity index (χ3v) is 4.21. The van der Waals surface area contributed by atoms with E-state index in [1.807, 2.05) is 13.8 Å². The fourth-order valence-electron chi connectivity index (χ4n) is 2.80. The van der Waals surface area contributed by atoms with Gasteiger partial charge in [-0.15, -0.1) is 0 Å². The van der Waals surface area contributed by atoms with Gasteiger partial charge in [0.15, 0.2) is 0 Å². The molecule has 2 N–H and O–H groups in total. The summed E-state index contributed by atoms with van der Waals surface area (Å²) in [6.45, 7) is 8.59. The highest BCUT2D eigenvalue weighted by Gasteiger charge is 1.94. The van der Waals surface area contributed by atoms with E-state index in [1.165, 1.54) is 109 Å². The average Bonchev–Trinajstić information content (AvgIpc) is 2.64. The van der Waals surface area contributed by atoms with Gasteiger partial charge in [-0.05, 0) is 0 Å². The molecule has 0 aliphatic carbocycles. The molecule has 11 heteroatoms. The van der Waals surface area contributed by atoms with Crippen molar-refractivity contribution in [3.63, 3.8) is 0 Å². The summed E-state index contributed by atoms with van der Waals surface area (Å²) in [4.78, 5) is 51.3. The third-order valence-electron chi connectivity index (χ3n) is 4.21. The Kier molecular flexibility index (Phi) is 44.1. The minimum Gasteiger partial charge on any atom is -0.822 e. The molecule has 32 heavy (non-hydrogen) atoms. The maximum atomic E-state index is 8.55. The van der Waals surface area contributed by atoms with Crippen molar-refractivity contribution in [2.45, 2.75) is 137 Å². The Morgan fingerprint density at radius 1 is 0.406 bits per heavy atom. The van der Waals surface area contributed by atoms with Gasteiger partial charge in [0.25, 0.3) is 0 Å². The van der Waals surface area contributed by atoms with Crippen molar-refractivity contribution < 1.29 is 44.0 Å². The molecule has 0 saturated carbocycles. The molecule has 202 valence electrons. The van der Waals surface area contributed by atoms with Crippen LogP contribution in [0.5, 0.6) is 0 Å². The molecule has 0 aliphatic rings. The van der Waals surface area contributed by atoms with E-state index in [9.17, 15) is 0 Å². The number of hydrogen-bond donors (Lipinski definition) is 0. The fraction of sp³-hybridized carbons (Fsp3) is 1.00. The second-order valence-corrected chi connectivity index (χ2v) is 8.99. The Labute approximate surface area is 196 Å². The third kappa shape index (κ3) is 98.2. The highest BCUT2D eigenvalue weighted by Crippen LogP contribution is 2.13. The first-order valence-corrected chi connectivity index (χ1v) is 14.8. The van der Waals surface area contributed by atoms with Gasteiger partial charge >= 0.3 is 0 Å². The van der Waals surface area contributed by atoms with Gasteiger partial charge in [0.05, 0.1) is 0 Å². The summed E-state index contributed by atoms with van der Waals surface area (Å²) in [5.41, 5.74) is 0. The molecule has 9 nitrogen and oxygen atoms in total. The fourth-order valence-corrected chi connectivity index (χ4v) is 2.80. The maximum Gasteiger partial charge on any atom is -0.0533 e. The summed E-state index contributed by atoms with van der Waals surface area (Å²) >= 11 is 0. The van der Waals surface area contributed by atoms with Crippen molar-refractivity contribution in [2.24, 2.45) is 0 Å². The number of phosphoric acid groups is 2. The van der Waals surface area contributed by atoms with Crippen LogP contribution in [-0.4, -0.2) is 5.48 Å². The lowest BCUT2D eigenvalue weighted by Crippen LogP contribution is -2.24. The molecule has 0 spiro atoms. The molecule has 0 aromatic heterocycles. The highest BCUT2D eigenvalue weighted by atomic mass is 31.2. The van der Waals surface area contributed by atoms with Gasteiger partial charge in [-0.2, -0.15) is 15.6 Å². The molecule has 0 radical (unpaired) electrons. The molecule has 0 aromatic carbocycles. The minimum atomic E-state index is -5.39. The first kappa shape index (κ1) is 42.3. The van der Waals surface area contributed by atoms with E-state index in [2.05, 4.69) is 13.8 Å². The Morgan fingerprint density at radius 3 is 0.594 bits per heavy atom. The predicted octanol–water partition coefficient (Wildman–Crippen LogP) is 2.21. The Balaban J connectivity index is -0.000000154. The first-order valence-electron chi connectivity index (χ1n) is 11.9. The highest BCUT2D eigenvalue weighted by molar-refractivity contribution is 7.40. The lowest BCUT2D eigenvalue weighted by atomic mass is 10.0. The number of unbranched alkanes of at least 4 members (excludes halogenated alkanes) is 16. The van der Waals surface area contributed by atoms with Gasteiger partial charge in [-0.1, -0.05) is 137 Å². The van der Waals surface area contributed by atoms with Crippen LogP contribution in [0.1, 0.15) is 137 Å². The molecule has 0 saturated heterocycles. The standard InChI is InChI=1S/C19H40.C2H6.2H3O4P.H2O/c1-3-5-7-9-11-13-15-17-19-18-16-14-12-10-8-6-4-2;1-2;2*1-5(2,3)4;/h3-19H2,1-2H3;1-2H3;2*(H3,1,2,3,4);1H2/p-6. The van der Waals surface area contributed by atoms with Crippen molar-refractivity contribution in [1.29, 1.82) is 0 Å². The van der Waals surface area contributed by atoms with Gasteiger partial charge in [0, 0.05) is 0 Å². The van der Waals surface area contributed by atoms with Crippen LogP contribution in [0.4, 0.5) is 0 Å².